The first-order valence-electron chi connectivity index (χ1n) is 3.96. The zero-order chi connectivity index (χ0) is 8.13. The summed E-state index contributed by atoms with van der Waals surface area (Å²) in [6.07, 6.45) is 2.33. The molecule has 0 aromatic heterocycles. The number of nitrogens with zero attached hydrogens (tertiary/aromatic N) is 1. The summed E-state index contributed by atoms with van der Waals surface area (Å²) >= 11 is 0.115. The van der Waals surface area contributed by atoms with Crippen molar-refractivity contribution in [2.75, 3.05) is 0 Å². The van der Waals surface area contributed by atoms with Crippen molar-refractivity contribution in [2.24, 2.45) is 0 Å². The molecule has 0 amide bonds. The van der Waals surface area contributed by atoms with Crippen LogP contribution >= 0.6 is 0 Å². The van der Waals surface area contributed by atoms with Crippen molar-refractivity contribution in [3.63, 3.8) is 0 Å². The van der Waals surface area contributed by atoms with Crippen LogP contribution in [0.25, 0.3) is 3.58 Å². The van der Waals surface area contributed by atoms with Gasteiger partial charge in [0.2, 0.25) is 0 Å². The topological polar surface area (TPSA) is 3.01 Å². The van der Waals surface area contributed by atoms with E-state index in [1.54, 1.807) is 3.58 Å². The average Bonchev–Trinajstić information content (AvgIpc) is 2.62. The zero-order valence-corrected chi connectivity index (χ0v) is 8.87. The van der Waals surface area contributed by atoms with Gasteiger partial charge in [0.05, 0.1) is 0 Å². The first kappa shape index (κ1) is 6.83. The third kappa shape index (κ3) is 0.710. The zero-order valence-electron chi connectivity index (χ0n) is 6.71. The molecule has 1 aromatic rings. The van der Waals surface area contributed by atoms with Gasteiger partial charge < -0.3 is 0 Å². The van der Waals surface area contributed by atoms with Crippen molar-refractivity contribution >= 4 is 15.0 Å². The molecule has 0 saturated carbocycles. The Labute approximate surface area is 82.0 Å². The van der Waals surface area contributed by atoms with Crippen LogP contribution in [0, 0.1) is 0 Å². The van der Waals surface area contributed by atoms with E-state index in [2.05, 4.69) is 40.1 Å². The van der Waals surface area contributed by atoms with Crippen LogP contribution < -0.4 is 21.5 Å². The molecular formula is C10H8IN. The van der Waals surface area contributed by atoms with Gasteiger partial charge in [-0.2, -0.15) is 0 Å². The first-order valence-corrected chi connectivity index (χ1v) is 6.00. The minimum absolute atomic E-state index is 0.115. The predicted octanol–water partition coefficient (Wildman–Crippen LogP) is -0.836. The van der Waals surface area contributed by atoms with Gasteiger partial charge in [0.25, 0.3) is 0 Å². The molecule has 0 radical (unpaired) electrons. The van der Waals surface area contributed by atoms with Gasteiger partial charge in [-0.15, -0.1) is 0 Å². The number of allylic oxidation sites excluding steroid dienone is 1. The quantitative estimate of drug-likeness (QED) is 0.427. The van der Waals surface area contributed by atoms with Crippen molar-refractivity contribution in [1.82, 2.24) is 0 Å². The summed E-state index contributed by atoms with van der Waals surface area (Å²) in [6.45, 7) is 2.20. The van der Waals surface area contributed by atoms with E-state index >= 15 is 0 Å². The summed E-state index contributed by atoms with van der Waals surface area (Å²) < 4.78 is 4.06. The van der Waals surface area contributed by atoms with E-state index in [-0.39, 0.29) is 21.5 Å². The van der Waals surface area contributed by atoms with Crippen molar-refractivity contribution in [1.29, 1.82) is 0 Å². The molecule has 2 aliphatic rings. The summed E-state index contributed by atoms with van der Waals surface area (Å²) in [6, 6.07) is 8.70. The molecule has 1 nitrogen and oxygen atoms in total. The van der Waals surface area contributed by atoms with E-state index in [0.29, 0.717) is 0 Å². The van der Waals surface area contributed by atoms with Gasteiger partial charge in [-0.05, 0) is 0 Å². The second-order valence-electron chi connectivity index (χ2n) is 3.02. The number of para-hydroxylation sites is 1. The van der Waals surface area contributed by atoms with Crippen LogP contribution in [0.1, 0.15) is 12.5 Å². The standard InChI is InChI=1S/C10H8IN/c1-7-6-9-8-4-2-3-5-10(8)12(7)11-9/h2-6H,1H3. The second kappa shape index (κ2) is 2.19. The summed E-state index contributed by atoms with van der Waals surface area (Å²) in [5, 5.41) is 0. The molecule has 0 atom stereocenters. The second-order valence-corrected chi connectivity index (χ2v) is 5.63. The van der Waals surface area contributed by atoms with Crippen LogP contribution in [0.4, 0.5) is 5.69 Å². The third-order valence-electron chi connectivity index (χ3n) is 2.19. The van der Waals surface area contributed by atoms with E-state index in [4.69, 9.17) is 0 Å². The summed E-state index contributed by atoms with van der Waals surface area (Å²) in [4.78, 5) is 0. The Kier molecular flexibility index (Phi) is 1.25. The van der Waals surface area contributed by atoms with Crippen molar-refractivity contribution in [3.8, 4) is 0 Å². The number of fused-ring (bicyclic) bond motifs is 5. The van der Waals surface area contributed by atoms with Gasteiger partial charge in [0.15, 0.2) is 0 Å². The van der Waals surface area contributed by atoms with Crippen LogP contribution in [0.2, 0.25) is 0 Å². The summed E-state index contributed by atoms with van der Waals surface area (Å²) in [5.74, 6) is 0. The van der Waals surface area contributed by atoms with Crippen LogP contribution in [0.15, 0.2) is 30.3 Å². The fourth-order valence-electron chi connectivity index (χ4n) is 1.63. The molecule has 0 aliphatic carbocycles. The SMILES string of the molecule is CC1=[N+]2[I-]C(=C1)c1ccccc12. The molecule has 0 N–H and O–H groups in total. The molecule has 0 unspecified atom stereocenters. The van der Waals surface area contributed by atoms with Crippen LogP contribution in [-0.4, -0.2) is 8.50 Å². The van der Waals surface area contributed by atoms with Crippen LogP contribution in [0.5, 0.6) is 0 Å². The van der Waals surface area contributed by atoms with E-state index < -0.39 is 0 Å². The molecule has 2 heteroatoms. The molecule has 12 heavy (non-hydrogen) atoms. The van der Waals surface area contributed by atoms with Crippen LogP contribution in [0.3, 0.4) is 0 Å². The average molecular weight is 269 g/mol. The van der Waals surface area contributed by atoms with Crippen LogP contribution in [-0.2, 0) is 0 Å². The third-order valence-corrected chi connectivity index (χ3v) is 5.37. The molecule has 0 spiro atoms. The Hall–Kier alpha value is -0.640. The van der Waals surface area contributed by atoms with Gasteiger partial charge in [-0.1, -0.05) is 0 Å². The number of hydrogen-bond donors (Lipinski definition) is 0. The van der Waals surface area contributed by atoms with E-state index in [1.165, 1.54) is 17.0 Å². The summed E-state index contributed by atoms with van der Waals surface area (Å²) in [5.41, 5.74) is 4.33. The van der Waals surface area contributed by atoms with E-state index in [9.17, 15) is 0 Å². The Morgan fingerprint density at radius 3 is 3.00 bits per heavy atom. The number of benzene rings is 1. The van der Waals surface area contributed by atoms with E-state index in [0.717, 1.165) is 0 Å². The van der Waals surface area contributed by atoms with Gasteiger partial charge in [-0.3, -0.25) is 0 Å². The van der Waals surface area contributed by atoms with E-state index in [1.807, 2.05) is 0 Å². The Bertz CT molecular complexity index is 429. The molecule has 2 bridgehead atoms. The number of rotatable bonds is 0. The van der Waals surface area contributed by atoms with Crippen molar-refractivity contribution < 1.29 is 24.3 Å². The van der Waals surface area contributed by atoms with Gasteiger partial charge in [0, 0.05) is 0 Å². The monoisotopic (exact) mass is 269 g/mol. The first-order chi connectivity index (χ1) is 5.86. The van der Waals surface area contributed by atoms with Gasteiger partial charge in [-0.25, -0.2) is 0 Å². The number of hydrogen-bond acceptors (Lipinski definition) is 0. The molecule has 2 aliphatic heterocycles. The van der Waals surface area contributed by atoms with Gasteiger partial charge >= 0.3 is 82.1 Å². The fraction of sp³-hybridized carbons (Fsp3) is 0.100. The van der Waals surface area contributed by atoms with Gasteiger partial charge in [0.1, 0.15) is 0 Å². The maximum absolute atomic E-state index is 2.48. The Morgan fingerprint density at radius 2 is 2.08 bits per heavy atom. The normalized spacial score (nSPS) is 18.9. The Balaban J connectivity index is 2.39. The number of halogens is 1. The minimum atomic E-state index is 0.115. The fourth-order valence-corrected chi connectivity index (χ4v) is 4.65. The predicted molar refractivity (Wildman–Crippen MR) is 45.0 cm³/mol. The molecule has 0 fully saturated rings. The van der Waals surface area contributed by atoms with Crippen molar-refractivity contribution in [3.05, 3.63) is 35.9 Å². The van der Waals surface area contributed by atoms with Crippen molar-refractivity contribution in [2.45, 2.75) is 6.92 Å². The molecule has 2 heterocycles. The molecule has 60 valence electrons. The Morgan fingerprint density at radius 1 is 1.25 bits per heavy atom. The maximum atomic E-state index is 2.48. The molecule has 3 rings (SSSR count). The molecule has 1 aromatic carbocycles. The molecular weight excluding hydrogens is 261 g/mol. The summed E-state index contributed by atoms with van der Waals surface area (Å²) in [7, 11) is 0. The molecule has 0 saturated heterocycles.